The van der Waals surface area contributed by atoms with Gasteiger partial charge in [-0.25, -0.2) is 8.42 Å². The first-order valence-corrected chi connectivity index (χ1v) is 13.9. The molecule has 1 N–H and O–H groups in total. The molecule has 0 spiro atoms. The van der Waals surface area contributed by atoms with Crippen LogP contribution in [0.1, 0.15) is 51.7 Å². The molecule has 2 aromatic carbocycles. The Morgan fingerprint density at radius 1 is 1.00 bits per heavy atom. The quantitative estimate of drug-likeness (QED) is 0.477. The summed E-state index contributed by atoms with van der Waals surface area (Å²) in [5.74, 6) is -0.473. The highest BCUT2D eigenvalue weighted by atomic mass is 79.9. The van der Waals surface area contributed by atoms with Crippen molar-refractivity contribution in [2.75, 3.05) is 17.1 Å². The Morgan fingerprint density at radius 2 is 1.62 bits per heavy atom. The van der Waals surface area contributed by atoms with Gasteiger partial charge in [0.1, 0.15) is 12.6 Å². The molecule has 0 aromatic heterocycles. The lowest BCUT2D eigenvalue weighted by Crippen LogP contribution is -2.52. The van der Waals surface area contributed by atoms with E-state index in [2.05, 4.69) is 35.1 Å². The van der Waals surface area contributed by atoms with Gasteiger partial charge in [-0.3, -0.25) is 13.9 Å². The number of nitrogens with zero attached hydrogens (tertiary/aromatic N) is 2. The van der Waals surface area contributed by atoms with E-state index in [9.17, 15) is 18.0 Å². The first-order chi connectivity index (χ1) is 15.8. The number of rotatable bonds is 10. The molecule has 2 amide bonds. The zero-order valence-corrected chi connectivity index (χ0v) is 23.0. The number of anilines is 1. The number of hydrogen-bond donors (Lipinski definition) is 1. The minimum absolute atomic E-state index is 0.0928. The summed E-state index contributed by atoms with van der Waals surface area (Å²) < 4.78 is 27.2. The third-order valence-electron chi connectivity index (χ3n) is 5.37. The standard InChI is InChI=1S/C25H34BrN3O4S/c1-17(2)21-10-12-23(13-11-21)29(34(6,32)33)16-24(30)28(19(5)25(31)27-18(3)4)15-20-8-7-9-22(26)14-20/h7-14,17-19H,15-16H2,1-6H3,(H,27,31). The summed E-state index contributed by atoms with van der Waals surface area (Å²) in [5, 5.41) is 2.83. The minimum atomic E-state index is -3.75. The van der Waals surface area contributed by atoms with Crippen molar-refractivity contribution in [1.82, 2.24) is 10.2 Å². The summed E-state index contributed by atoms with van der Waals surface area (Å²) in [6.45, 7) is 9.19. The molecule has 7 nitrogen and oxygen atoms in total. The van der Waals surface area contributed by atoms with Crippen molar-refractivity contribution >= 4 is 43.5 Å². The monoisotopic (exact) mass is 551 g/mol. The van der Waals surface area contributed by atoms with Crippen molar-refractivity contribution in [3.8, 4) is 0 Å². The summed E-state index contributed by atoms with van der Waals surface area (Å²) in [5.41, 5.74) is 2.29. The van der Waals surface area contributed by atoms with Crippen LogP contribution in [-0.4, -0.2) is 50.0 Å². The van der Waals surface area contributed by atoms with E-state index < -0.39 is 28.5 Å². The van der Waals surface area contributed by atoms with Crippen molar-refractivity contribution in [2.24, 2.45) is 0 Å². The Labute approximate surface area is 211 Å². The van der Waals surface area contributed by atoms with Gasteiger partial charge in [-0.05, 0) is 62.1 Å². The molecule has 34 heavy (non-hydrogen) atoms. The van der Waals surface area contributed by atoms with E-state index in [1.807, 2.05) is 50.2 Å². The van der Waals surface area contributed by atoms with Crippen LogP contribution in [0.2, 0.25) is 0 Å². The maximum Gasteiger partial charge on any atom is 0.244 e. The number of carbonyl (C=O) groups is 2. The first kappa shape index (κ1) is 27.9. The Morgan fingerprint density at radius 3 is 2.12 bits per heavy atom. The molecule has 0 aliphatic heterocycles. The minimum Gasteiger partial charge on any atom is -0.352 e. The largest absolute Gasteiger partial charge is 0.352 e. The smallest absolute Gasteiger partial charge is 0.244 e. The molecule has 0 radical (unpaired) electrons. The van der Waals surface area contributed by atoms with Crippen LogP contribution in [0.15, 0.2) is 53.0 Å². The highest BCUT2D eigenvalue weighted by Crippen LogP contribution is 2.23. The molecule has 0 fully saturated rings. The van der Waals surface area contributed by atoms with Gasteiger partial charge >= 0.3 is 0 Å². The second kappa shape index (κ2) is 11.8. The number of benzene rings is 2. The van der Waals surface area contributed by atoms with Gasteiger partial charge < -0.3 is 10.2 Å². The Bertz CT molecular complexity index is 1100. The third-order valence-corrected chi connectivity index (χ3v) is 7.00. The summed E-state index contributed by atoms with van der Waals surface area (Å²) in [7, 11) is -3.75. The number of nitrogens with one attached hydrogen (secondary N) is 1. The molecule has 2 aromatic rings. The normalized spacial score (nSPS) is 12.5. The van der Waals surface area contributed by atoms with E-state index in [1.54, 1.807) is 19.1 Å². The van der Waals surface area contributed by atoms with Gasteiger partial charge in [0.05, 0.1) is 11.9 Å². The zero-order valence-electron chi connectivity index (χ0n) is 20.6. The molecule has 0 saturated heterocycles. The summed E-state index contributed by atoms with van der Waals surface area (Å²) in [4.78, 5) is 27.7. The second-order valence-electron chi connectivity index (χ2n) is 9.01. The fourth-order valence-electron chi connectivity index (χ4n) is 3.46. The number of hydrogen-bond acceptors (Lipinski definition) is 4. The molecule has 1 unspecified atom stereocenters. The van der Waals surface area contributed by atoms with Gasteiger partial charge in [-0.1, -0.05) is 54.0 Å². The van der Waals surface area contributed by atoms with Crippen LogP contribution in [0.4, 0.5) is 5.69 Å². The van der Waals surface area contributed by atoms with E-state index in [4.69, 9.17) is 0 Å². The van der Waals surface area contributed by atoms with Crippen LogP contribution in [-0.2, 0) is 26.2 Å². The van der Waals surface area contributed by atoms with Gasteiger partial charge in [-0.15, -0.1) is 0 Å². The molecule has 1 atom stereocenters. The van der Waals surface area contributed by atoms with Crippen molar-refractivity contribution in [3.63, 3.8) is 0 Å². The summed E-state index contributed by atoms with van der Waals surface area (Å²) >= 11 is 3.43. The average Bonchev–Trinajstić information content (AvgIpc) is 2.74. The number of sulfonamides is 1. The molecule has 0 saturated carbocycles. The van der Waals surface area contributed by atoms with Gasteiger partial charge in [0.2, 0.25) is 21.8 Å². The van der Waals surface area contributed by atoms with Crippen LogP contribution in [0.3, 0.4) is 0 Å². The predicted molar refractivity (Wildman–Crippen MR) is 140 cm³/mol. The maximum atomic E-state index is 13.5. The maximum absolute atomic E-state index is 13.5. The lowest BCUT2D eigenvalue weighted by Gasteiger charge is -2.32. The number of carbonyl (C=O) groups excluding carboxylic acids is 2. The lowest BCUT2D eigenvalue weighted by atomic mass is 10.0. The van der Waals surface area contributed by atoms with Crippen molar-refractivity contribution in [1.29, 1.82) is 0 Å². The van der Waals surface area contributed by atoms with Gasteiger partial charge in [0.15, 0.2) is 0 Å². The van der Waals surface area contributed by atoms with Crippen LogP contribution < -0.4 is 9.62 Å². The molecule has 0 bridgehead atoms. The van der Waals surface area contributed by atoms with Crippen LogP contribution >= 0.6 is 15.9 Å². The highest BCUT2D eigenvalue weighted by Gasteiger charge is 2.30. The summed E-state index contributed by atoms with van der Waals surface area (Å²) in [6, 6.07) is 13.7. The molecule has 0 aliphatic rings. The van der Waals surface area contributed by atoms with Crippen molar-refractivity contribution < 1.29 is 18.0 Å². The second-order valence-corrected chi connectivity index (χ2v) is 11.8. The van der Waals surface area contributed by atoms with Gasteiger partial charge in [0.25, 0.3) is 0 Å². The highest BCUT2D eigenvalue weighted by molar-refractivity contribution is 9.10. The number of amides is 2. The van der Waals surface area contributed by atoms with Gasteiger partial charge in [-0.2, -0.15) is 0 Å². The first-order valence-electron chi connectivity index (χ1n) is 11.2. The topological polar surface area (TPSA) is 86.8 Å². The molecule has 0 heterocycles. The lowest BCUT2D eigenvalue weighted by molar-refractivity contribution is -0.139. The van der Waals surface area contributed by atoms with Gasteiger partial charge in [0, 0.05) is 17.1 Å². The zero-order chi connectivity index (χ0) is 25.6. The fraction of sp³-hybridized carbons (Fsp3) is 0.440. The van der Waals surface area contributed by atoms with E-state index >= 15 is 0 Å². The Kier molecular flexibility index (Phi) is 9.70. The van der Waals surface area contributed by atoms with Crippen molar-refractivity contribution in [3.05, 3.63) is 64.1 Å². The predicted octanol–water partition coefficient (Wildman–Crippen LogP) is 4.28. The molecule has 9 heteroatoms. The molecule has 186 valence electrons. The SMILES string of the molecule is CC(C)NC(=O)C(C)N(Cc1cccc(Br)c1)C(=O)CN(c1ccc(C(C)C)cc1)S(C)(=O)=O. The van der Waals surface area contributed by atoms with Crippen LogP contribution in [0.25, 0.3) is 0 Å². The van der Waals surface area contributed by atoms with E-state index in [0.29, 0.717) is 11.6 Å². The Balaban J connectivity index is 2.38. The van der Waals surface area contributed by atoms with Crippen molar-refractivity contribution in [2.45, 2.75) is 59.2 Å². The Hall–Kier alpha value is -2.39. The average molecular weight is 553 g/mol. The van der Waals surface area contributed by atoms with E-state index in [1.165, 1.54) is 4.90 Å². The molecule has 0 aliphatic carbocycles. The molecular formula is C25H34BrN3O4S. The fourth-order valence-corrected chi connectivity index (χ4v) is 4.76. The third kappa shape index (κ3) is 7.84. The van der Waals surface area contributed by atoms with E-state index in [0.717, 1.165) is 26.2 Å². The van der Waals surface area contributed by atoms with Crippen LogP contribution in [0.5, 0.6) is 0 Å². The molecular weight excluding hydrogens is 518 g/mol. The van der Waals surface area contributed by atoms with Crippen LogP contribution in [0, 0.1) is 0 Å². The summed E-state index contributed by atoms with van der Waals surface area (Å²) in [6.07, 6.45) is 1.07. The number of halogens is 1. The van der Waals surface area contributed by atoms with E-state index in [-0.39, 0.29) is 18.5 Å². The molecule has 2 rings (SSSR count).